The van der Waals surface area contributed by atoms with Crippen LogP contribution in [0.5, 0.6) is 0 Å². The molecule has 79 valence electrons. The normalized spacial score (nSPS) is 9.75. The minimum Gasteiger partial charge on any atom is -0.326 e. The highest BCUT2D eigenvalue weighted by Gasteiger charge is 2.02. The predicted molar refractivity (Wildman–Crippen MR) is 64.1 cm³/mol. The third-order valence-electron chi connectivity index (χ3n) is 2.21. The molecule has 0 spiro atoms. The van der Waals surface area contributed by atoms with Crippen LogP contribution in [0.25, 0.3) is 0 Å². The molecule has 0 fully saturated rings. The summed E-state index contributed by atoms with van der Waals surface area (Å²) in [6.07, 6.45) is 0.402. The van der Waals surface area contributed by atoms with Crippen molar-refractivity contribution in [1.29, 1.82) is 0 Å². The van der Waals surface area contributed by atoms with Gasteiger partial charge in [-0.3, -0.25) is 4.79 Å². The molecule has 0 saturated heterocycles. The van der Waals surface area contributed by atoms with Crippen LogP contribution < -0.4 is 5.32 Å². The summed E-state index contributed by atoms with van der Waals surface area (Å²) in [5.74, 6) is -0.00241. The van der Waals surface area contributed by atoms with E-state index >= 15 is 0 Å². The first kappa shape index (κ1) is 10.4. The van der Waals surface area contributed by atoms with Crippen LogP contribution in [0.2, 0.25) is 0 Å². The smallest absolute Gasteiger partial charge is 0.228 e. The van der Waals surface area contributed by atoms with Crippen LogP contribution in [-0.2, 0) is 11.2 Å². The van der Waals surface area contributed by atoms with E-state index in [0.29, 0.717) is 6.42 Å². The standard InChI is InChI=1S/C14H12NO/c16-14(11-12-7-3-1-4-8-12)15-13-9-5-2-6-10-13/h1,3-10H,11H2,(H,15,16). The van der Waals surface area contributed by atoms with E-state index in [2.05, 4.69) is 11.4 Å². The van der Waals surface area contributed by atoms with Crippen molar-refractivity contribution in [3.05, 3.63) is 66.2 Å². The minimum absolute atomic E-state index is 0.00241. The largest absolute Gasteiger partial charge is 0.326 e. The lowest BCUT2D eigenvalue weighted by atomic mass is 10.1. The fraction of sp³-hybridized carbons (Fsp3) is 0.0714. The fourth-order valence-corrected chi connectivity index (χ4v) is 1.46. The SMILES string of the molecule is O=C(Cc1ccccc1)Nc1cc[c]cc1. The molecule has 0 atom stereocenters. The highest BCUT2D eigenvalue weighted by molar-refractivity contribution is 5.92. The van der Waals surface area contributed by atoms with E-state index < -0.39 is 0 Å². The summed E-state index contributed by atoms with van der Waals surface area (Å²) in [5.41, 5.74) is 1.82. The molecular formula is C14H12NO. The van der Waals surface area contributed by atoms with E-state index in [-0.39, 0.29) is 5.91 Å². The molecule has 16 heavy (non-hydrogen) atoms. The second-order valence-corrected chi connectivity index (χ2v) is 3.50. The van der Waals surface area contributed by atoms with Gasteiger partial charge in [-0.1, -0.05) is 42.5 Å². The Kier molecular flexibility index (Phi) is 3.34. The Morgan fingerprint density at radius 3 is 2.44 bits per heavy atom. The van der Waals surface area contributed by atoms with Gasteiger partial charge in [-0.15, -0.1) is 0 Å². The maximum Gasteiger partial charge on any atom is 0.228 e. The fourth-order valence-electron chi connectivity index (χ4n) is 1.46. The maximum atomic E-state index is 11.7. The van der Waals surface area contributed by atoms with Crippen molar-refractivity contribution in [1.82, 2.24) is 0 Å². The molecule has 0 aliphatic rings. The molecule has 0 aliphatic heterocycles. The molecule has 2 nitrogen and oxygen atoms in total. The summed E-state index contributed by atoms with van der Waals surface area (Å²) in [4.78, 5) is 11.7. The maximum absolute atomic E-state index is 11.7. The number of rotatable bonds is 3. The van der Waals surface area contributed by atoms with E-state index in [0.717, 1.165) is 11.3 Å². The lowest BCUT2D eigenvalue weighted by Gasteiger charge is -2.04. The van der Waals surface area contributed by atoms with Gasteiger partial charge in [-0.25, -0.2) is 0 Å². The van der Waals surface area contributed by atoms with Gasteiger partial charge in [0.1, 0.15) is 0 Å². The second kappa shape index (κ2) is 5.12. The van der Waals surface area contributed by atoms with E-state index in [1.165, 1.54) is 0 Å². The number of amides is 1. The summed E-state index contributed by atoms with van der Waals surface area (Å²) in [7, 11) is 0. The third-order valence-corrected chi connectivity index (χ3v) is 2.21. The Bertz CT molecular complexity index is 407. The van der Waals surface area contributed by atoms with Crippen molar-refractivity contribution < 1.29 is 4.79 Å². The topological polar surface area (TPSA) is 29.1 Å². The van der Waals surface area contributed by atoms with Crippen molar-refractivity contribution in [2.45, 2.75) is 6.42 Å². The van der Waals surface area contributed by atoms with Gasteiger partial charge in [0, 0.05) is 5.69 Å². The lowest BCUT2D eigenvalue weighted by Crippen LogP contribution is -2.14. The van der Waals surface area contributed by atoms with Crippen molar-refractivity contribution in [2.24, 2.45) is 0 Å². The van der Waals surface area contributed by atoms with Crippen molar-refractivity contribution in [2.75, 3.05) is 5.32 Å². The lowest BCUT2D eigenvalue weighted by molar-refractivity contribution is -0.115. The van der Waals surface area contributed by atoms with Gasteiger partial charge in [0.15, 0.2) is 0 Å². The van der Waals surface area contributed by atoms with Crippen molar-refractivity contribution in [3.63, 3.8) is 0 Å². The number of hydrogen-bond donors (Lipinski definition) is 1. The first-order valence-electron chi connectivity index (χ1n) is 5.14. The highest BCUT2D eigenvalue weighted by atomic mass is 16.1. The number of benzene rings is 2. The van der Waals surface area contributed by atoms with Crippen molar-refractivity contribution in [3.8, 4) is 0 Å². The van der Waals surface area contributed by atoms with Crippen LogP contribution in [0.4, 0.5) is 5.69 Å². The van der Waals surface area contributed by atoms with Crippen LogP contribution in [-0.4, -0.2) is 5.91 Å². The number of carbonyl (C=O) groups is 1. The highest BCUT2D eigenvalue weighted by Crippen LogP contribution is 2.06. The molecule has 2 heteroatoms. The second-order valence-electron chi connectivity index (χ2n) is 3.50. The van der Waals surface area contributed by atoms with E-state index in [9.17, 15) is 4.79 Å². The van der Waals surface area contributed by atoms with Crippen molar-refractivity contribution >= 4 is 11.6 Å². The molecule has 0 aliphatic carbocycles. The molecule has 0 unspecified atom stereocenters. The number of nitrogens with one attached hydrogen (secondary N) is 1. The molecule has 0 saturated carbocycles. The molecule has 2 aromatic rings. The summed E-state index contributed by atoms with van der Waals surface area (Å²) in [6.45, 7) is 0. The Labute approximate surface area is 94.9 Å². The first-order valence-corrected chi connectivity index (χ1v) is 5.14. The number of carbonyl (C=O) groups excluding carboxylic acids is 1. The molecule has 2 rings (SSSR count). The van der Waals surface area contributed by atoms with E-state index in [1.54, 1.807) is 12.1 Å². The average molecular weight is 210 g/mol. The Hall–Kier alpha value is -2.09. The average Bonchev–Trinajstić information content (AvgIpc) is 2.31. The van der Waals surface area contributed by atoms with Crippen LogP contribution in [0.1, 0.15) is 5.56 Å². The molecule has 1 N–H and O–H groups in total. The summed E-state index contributed by atoms with van der Waals surface area (Å²) in [5, 5.41) is 2.83. The van der Waals surface area contributed by atoms with E-state index in [1.807, 2.05) is 42.5 Å². The molecule has 2 aromatic carbocycles. The summed E-state index contributed by atoms with van der Waals surface area (Å²) in [6, 6.07) is 19.8. The van der Waals surface area contributed by atoms with Gasteiger partial charge < -0.3 is 5.32 Å². The molecule has 1 amide bonds. The van der Waals surface area contributed by atoms with Gasteiger partial charge >= 0.3 is 0 Å². The molecule has 1 radical (unpaired) electrons. The molecule has 0 aromatic heterocycles. The molecule has 0 heterocycles. The Balaban J connectivity index is 1.95. The number of hydrogen-bond acceptors (Lipinski definition) is 1. The monoisotopic (exact) mass is 210 g/mol. The van der Waals surface area contributed by atoms with Crippen LogP contribution in [0.3, 0.4) is 0 Å². The van der Waals surface area contributed by atoms with Gasteiger partial charge in [-0.2, -0.15) is 0 Å². The predicted octanol–water partition coefficient (Wildman–Crippen LogP) is 2.67. The zero-order valence-electron chi connectivity index (χ0n) is 8.81. The van der Waals surface area contributed by atoms with Gasteiger partial charge in [0.05, 0.1) is 6.42 Å². The first-order chi connectivity index (χ1) is 7.84. The van der Waals surface area contributed by atoms with Gasteiger partial charge in [0.25, 0.3) is 0 Å². The number of anilines is 1. The minimum atomic E-state index is -0.00241. The third kappa shape index (κ3) is 2.95. The van der Waals surface area contributed by atoms with Crippen LogP contribution in [0, 0.1) is 6.07 Å². The summed E-state index contributed by atoms with van der Waals surface area (Å²) < 4.78 is 0. The Morgan fingerprint density at radius 2 is 1.75 bits per heavy atom. The zero-order valence-corrected chi connectivity index (χ0v) is 8.81. The Morgan fingerprint density at radius 1 is 1.06 bits per heavy atom. The van der Waals surface area contributed by atoms with Gasteiger partial charge in [0.2, 0.25) is 5.91 Å². The van der Waals surface area contributed by atoms with Crippen LogP contribution in [0.15, 0.2) is 54.6 Å². The van der Waals surface area contributed by atoms with Gasteiger partial charge in [-0.05, 0) is 23.8 Å². The van der Waals surface area contributed by atoms with E-state index in [4.69, 9.17) is 0 Å². The molecule has 0 bridgehead atoms. The quantitative estimate of drug-likeness (QED) is 0.829. The summed E-state index contributed by atoms with van der Waals surface area (Å²) >= 11 is 0. The molecular weight excluding hydrogens is 198 g/mol. The zero-order chi connectivity index (χ0) is 11.2. The van der Waals surface area contributed by atoms with Crippen LogP contribution >= 0.6 is 0 Å².